The van der Waals surface area contributed by atoms with Gasteiger partial charge in [0.2, 0.25) is 0 Å². The van der Waals surface area contributed by atoms with Crippen LogP contribution in [0.1, 0.15) is 77.7 Å². The lowest BCUT2D eigenvalue weighted by atomic mass is 9.76. The van der Waals surface area contributed by atoms with Crippen LogP contribution >= 0.6 is 0 Å². The summed E-state index contributed by atoms with van der Waals surface area (Å²) >= 11 is 0. The molecule has 170 valence electrons. The average Bonchev–Trinajstić information content (AvgIpc) is 3.09. The molecule has 2 N–H and O–H groups in total. The van der Waals surface area contributed by atoms with Crippen molar-refractivity contribution in [3.63, 3.8) is 0 Å². The van der Waals surface area contributed by atoms with Gasteiger partial charge < -0.3 is 19.7 Å². The molecule has 0 amide bonds. The fourth-order valence-electron chi connectivity index (χ4n) is 5.14. The maximum Gasteiger partial charge on any atom is 0.340 e. The summed E-state index contributed by atoms with van der Waals surface area (Å²) in [6, 6.07) is 13.8. The van der Waals surface area contributed by atoms with Crippen LogP contribution in [0.3, 0.4) is 0 Å². The van der Waals surface area contributed by atoms with Gasteiger partial charge in [0.25, 0.3) is 0 Å². The Morgan fingerprint density at radius 3 is 1.97 bits per heavy atom. The van der Waals surface area contributed by atoms with Gasteiger partial charge in [-0.25, -0.2) is 4.79 Å². The van der Waals surface area contributed by atoms with E-state index in [1.165, 1.54) is 17.7 Å². The minimum atomic E-state index is -1.19. The van der Waals surface area contributed by atoms with Gasteiger partial charge in [0.1, 0.15) is 23.0 Å². The van der Waals surface area contributed by atoms with Crippen molar-refractivity contribution in [2.45, 2.75) is 58.0 Å². The first-order valence-corrected chi connectivity index (χ1v) is 11.7. The van der Waals surface area contributed by atoms with Crippen molar-refractivity contribution in [3.8, 4) is 23.0 Å². The van der Waals surface area contributed by atoms with Crippen LogP contribution in [0.5, 0.6) is 23.0 Å². The van der Waals surface area contributed by atoms with Crippen molar-refractivity contribution < 1.29 is 24.5 Å². The Labute approximate surface area is 193 Å². The van der Waals surface area contributed by atoms with Crippen LogP contribution in [0.2, 0.25) is 0 Å². The molecule has 0 aliphatic carbocycles. The zero-order valence-electron chi connectivity index (χ0n) is 19.0. The van der Waals surface area contributed by atoms with Crippen LogP contribution in [0.4, 0.5) is 0 Å². The largest absolute Gasteiger partial charge is 0.508 e. The summed E-state index contributed by atoms with van der Waals surface area (Å²) in [5.41, 5.74) is 3.86. The number of esters is 1. The number of carbonyl (C=O) groups excluding carboxylic acids is 1. The van der Waals surface area contributed by atoms with E-state index in [1.807, 2.05) is 6.07 Å². The second-order valence-electron chi connectivity index (χ2n) is 8.87. The molecule has 0 saturated carbocycles. The van der Waals surface area contributed by atoms with Gasteiger partial charge >= 0.3 is 5.97 Å². The number of ether oxygens (including phenoxy) is 2. The number of unbranched alkanes of at least 4 members (excludes halogenated alkanes) is 2. The highest BCUT2D eigenvalue weighted by Gasteiger charge is 2.54. The van der Waals surface area contributed by atoms with Crippen LogP contribution in [-0.4, -0.2) is 16.2 Å². The van der Waals surface area contributed by atoms with E-state index in [0.717, 1.165) is 49.7 Å². The summed E-state index contributed by atoms with van der Waals surface area (Å²) in [4.78, 5) is 13.5. The quantitative estimate of drug-likeness (QED) is 0.433. The molecule has 0 saturated heterocycles. The molecular formula is C28H28O5. The molecule has 2 aliphatic rings. The third kappa shape index (κ3) is 3.26. The minimum Gasteiger partial charge on any atom is -0.508 e. The fourth-order valence-corrected chi connectivity index (χ4v) is 5.14. The van der Waals surface area contributed by atoms with Crippen molar-refractivity contribution in [2.75, 3.05) is 0 Å². The number of phenols is 2. The highest BCUT2D eigenvalue weighted by Crippen LogP contribution is 2.57. The van der Waals surface area contributed by atoms with E-state index in [1.54, 1.807) is 24.3 Å². The molecule has 33 heavy (non-hydrogen) atoms. The van der Waals surface area contributed by atoms with Gasteiger partial charge in [-0.15, -0.1) is 0 Å². The van der Waals surface area contributed by atoms with Gasteiger partial charge in [0.15, 0.2) is 5.60 Å². The second-order valence-corrected chi connectivity index (χ2v) is 8.87. The zero-order chi connectivity index (χ0) is 23.2. The van der Waals surface area contributed by atoms with E-state index in [-0.39, 0.29) is 17.5 Å². The molecule has 0 atom stereocenters. The van der Waals surface area contributed by atoms with E-state index in [9.17, 15) is 15.0 Å². The highest BCUT2D eigenvalue weighted by atomic mass is 16.6. The van der Waals surface area contributed by atoms with Gasteiger partial charge in [-0.2, -0.15) is 0 Å². The predicted molar refractivity (Wildman–Crippen MR) is 125 cm³/mol. The van der Waals surface area contributed by atoms with Crippen LogP contribution in [-0.2, 0) is 23.2 Å². The lowest BCUT2D eigenvalue weighted by Gasteiger charge is -2.36. The van der Waals surface area contributed by atoms with E-state index in [0.29, 0.717) is 28.2 Å². The molecule has 5 heteroatoms. The Balaban J connectivity index is 1.80. The number of aryl methyl sites for hydroxylation is 1. The lowest BCUT2D eigenvalue weighted by molar-refractivity contribution is 0.0223. The molecule has 0 bridgehead atoms. The molecule has 1 spiro atoms. The Hall–Kier alpha value is -3.47. The topological polar surface area (TPSA) is 76.0 Å². The maximum atomic E-state index is 13.5. The van der Waals surface area contributed by atoms with Crippen molar-refractivity contribution in [3.05, 3.63) is 81.9 Å². The van der Waals surface area contributed by atoms with Crippen LogP contribution < -0.4 is 4.74 Å². The molecule has 5 nitrogen and oxygen atoms in total. The highest BCUT2D eigenvalue weighted by molar-refractivity contribution is 5.99. The van der Waals surface area contributed by atoms with Crippen molar-refractivity contribution in [1.29, 1.82) is 0 Å². The molecule has 0 unspecified atom stereocenters. The molecule has 0 fully saturated rings. The molecule has 2 heterocycles. The first-order valence-electron chi connectivity index (χ1n) is 11.7. The summed E-state index contributed by atoms with van der Waals surface area (Å²) in [5, 5.41) is 20.2. The average molecular weight is 445 g/mol. The first-order chi connectivity index (χ1) is 16.0. The van der Waals surface area contributed by atoms with Crippen LogP contribution in [0, 0.1) is 0 Å². The number of rotatable bonds is 6. The number of benzene rings is 3. The summed E-state index contributed by atoms with van der Waals surface area (Å²) in [6.45, 7) is 4.32. The molecule has 2 aliphatic heterocycles. The fraction of sp³-hybridized carbons (Fsp3) is 0.321. The summed E-state index contributed by atoms with van der Waals surface area (Å²) in [7, 11) is 0. The number of hydrogen-bond donors (Lipinski definition) is 2. The monoisotopic (exact) mass is 444 g/mol. The van der Waals surface area contributed by atoms with Crippen molar-refractivity contribution in [2.24, 2.45) is 0 Å². The normalized spacial score (nSPS) is 14.9. The molecule has 3 aromatic rings. The molecule has 0 aromatic heterocycles. The molecule has 5 rings (SSSR count). The van der Waals surface area contributed by atoms with E-state index in [2.05, 4.69) is 19.9 Å². The number of carbonyl (C=O) groups is 1. The van der Waals surface area contributed by atoms with Gasteiger partial charge in [-0.1, -0.05) is 38.8 Å². The number of fused-ring (bicyclic) bond motifs is 6. The maximum absolute atomic E-state index is 13.5. The second kappa shape index (κ2) is 8.14. The smallest absolute Gasteiger partial charge is 0.340 e. The zero-order valence-corrected chi connectivity index (χ0v) is 19.0. The van der Waals surface area contributed by atoms with Gasteiger partial charge in [-0.3, -0.25) is 0 Å². The number of aromatic hydroxyl groups is 2. The Morgan fingerprint density at radius 2 is 1.36 bits per heavy atom. The Morgan fingerprint density at radius 1 is 0.788 bits per heavy atom. The molecule has 3 aromatic carbocycles. The van der Waals surface area contributed by atoms with E-state index in [4.69, 9.17) is 9.47 Å². The number of hydrogen-bond acceptors (Lipinski definition) is 5. The first kappa shape index (κ1) is 21.4. The minimum absolute atomic E-state index is 0.0515. The lowest BCUT2D eigenvalue weighted by Crippen LogP contribution is -2.32. The van der Waals surface area contributed by atoms with Crippen LogP contribution in [0.25, 0.3) is 0 Å². The predicted octanol–water partition coefficient (Wildman–Crippen LogP) is 6.35. The van der Waals surface area contributed by atoms with E-state index < -0.39 is 5.60 Å². The summed E-state index contributed by atoms with van der Waals surface area (Å²) in [6.07, 6.45) is 5.94. The van der Waals surface area contributed by atoms with E-state index >= 15 is 0 Å². The third-order valence-corrected chi connectivity index (χ3v) is 6.73. The number of phenolic OH excluding ortho intramolecular Hbond substituents is 2. The van der Waals surface area contributed by atoms with Gasteiger partial charge in [-0.05, 0) is 61.1 Å². The third-order valence-electron chi connectivity index (χ3n) is 6.73. The molecular weight excluding hydrogens is 416 g/mol. The SMILES string of the molecule is CCCCc1ccc2c(c1CCCC)C(=O)OC21c2ccc(O)cc2Oc2cc(O)ccc21. The van der Waals surface area contributed by atoms with Gasteiger partial charge in [0, 0.05) is 28.8 Å². The Bertz CT molecular complexity index is 1190. The van der Waals surface area contributed by atoms with Crippen molar-refractivity contribution >= 4 is 5.97 Å². The molecule has 0 radical (unpaired) electrons. The van der Waals surface area contributed by atoms with Gasteiger partial charge in [0.05, 0.1) is 5.56 Å². The Kier molecular flexibility index (Phi) is 5.28. The standard InChI is InChI=1S/C28H28O5/c1-3-5-7-17-9-12-23-26(20(17)8-6-4-2)27(31)33-28(23)21-13-10-18(29)15-24(21)32-25-16-19(30)11-14-22(25)28/h9-16,29-30H,3-8H2,1-2H3. The summed E-state index contributed by atoms with van der Waals surface area (Å²) in [5.74, 6) is 0.568. The van der Waals surface area contributed by atoms with Crippen LogP contribution in [0.15, 0.2) is 48.5 Å². The summed E-state index contributed by atoms with van der Waals surface area (Å²) < 4.78 is 12.3. The van der Waals surface area contributed by atoms with Crippen molar-refractivity contribution in [1.82, 2.24) is 0 Å².